The van der Waals surface area contributed by atoms with Crippen molar-refractivity contribution in [2.24, 2.45) is 5.92 Å². The summed E-state index contributed by atoms with van der Waals surface area (Å²) >= 11 is 0. The third-order valence-corrected chi connectivity index (χ3v) is 4.46. The molecule has 3 rings (SSSR count). The van der Waals surface area contributed by atoms with Gasteiger partial charge in [-0.2, -0.15) is 18.3 Å². The minimum atomic E-state index is -4.47. The van der Waals surface area contributed by atoms with Gasteiger partial charge in [0.1, 0.15) is 5.75 Å². The van der Waals surface area contributed by atoms with Crippen LogP contribution in [0, 0.1) is 12.8 Å². The highest BCUT2D eigenvalue weighted by molar-refractivity contribution is 5.94. The van der Waals surface area contributed by atoms with E-state index in [4.69, 9.17) is 4.74 Å². The molecule has 0 aliphatic rings. The van der Waals surface area contributed by atoms with Gasteiger partial charge in [-0.3, -0.25) is 4.68 Å². The maximum absolute atomic E-state index is 13.2. The van der Waals surface area contributed by atoms with Crippen LogP contribution >= 0.6 is 0 Å². The van der Waals surface area contributed by atoms with Gasteiger partial charge < -0.3 is 9.84 Å². The Morgan fingerprint density at radius 2 is 1.93 bits per heavy atom. The first-order valence-electron chi connectivity index (χ1n) is 9.09. The average molecular weight is 406 g/mol. The van der Waals surface area contributed by atoms with E-state index >= 15 is 0 Å². The van der Waals surface area contributed by atoms with Crippen LogP contribution in [0.5, 0.6) is 5.75 Å². The molecule has 8 heteroatoms. The highest BCUT2D eigenvalue weighted by Gasteiger charge is 2.31. The molecule has 1 N–H and O–H groups in total. The van der Waals surface area contributed by atoms with Gasteiger partial charge >= 0.3 is 12.1 Å². The zero-order valence-electron chi connectivity index (χ0n) is 16.2. The van der Waals surface area contributed by atoms with Gasteiger partial charge in [0.25, 0.3) is 0 Å². The molecule has 0 aliphatic heterocycles. The first-order valence-corrected chi connectivity index (χ1v) is 9.09. The molecule has 0 saturated carbocycles. The first kappa shape index (κ1) is 20.7. The minimum Gasteiger partial charge on any atom is -0.493 e. The largest absolute Gasteiger partial charge is 0.493 e. The second-order valence-electron chi connectivity index (χ2n) is 7.31. The molecule has 0 unspecified atom stereocenters. The van der Waals surface area contributed by atoms with Gasteiger partial charge in [0.15, 0.2) is 0 Å². The zero-order chi connectivity index (χ0) is 21.3. The number of rotatable bonds is 6. The monoisotopic (exact) mass is 406 g/mol. The number of carboxylic acid groups (broad SMARTS) is 1. The van der Waals surface area contributed by atoms with Crippen molar-refractivity contribution < 1.29 is 27.8 Å². The Morgan fingerprint density at radius 3 is 2.55 bits per heavy atom. The number of aromatic carboxylic acids is 1. The summed E-state index contributed by atoms with van der Waals surface area (Å²) in [5.41, 5.74) is 0.956. The van der Waals surface area contributed by atoms with E-state index in [9.17, 15) is 23.1 Å². The predicted molar refractivity (Wildman–Crippen MR) is 102 cm³/mol. The minimum absolute atomic E-state index is 0.0636. The van der Waals surface area contributed by atoms with Crippen LogP contribution in [-0.2, 0) is 12.7 Å². The summed E-state index contributed by atoms with van der Waals surface area (Å²) in [4.78, 5) is 11.2. The van der Waals surface area contributed by atoms with E-state index in [1.165, 1.54) is 18.2 Å². The van der Waals surface area contributed by atoms with Gasteiger partial charge in [-0.1, -0.05) is 13.8 Å². The van der Waals surface area contributed by atoms with Crippen LogP contribution < -0.4 is 4.74 Å². The lowest BCUT2D eigenvalue weighted by molar-refractivity contribution is -0.137. The smallest absolute Gasteiger partial charge is 0.416 e. The quantitative estimate of drug-likeness (QED) is 0.615. The lowest BCUT2D eigenvalue weighted by Gasteiger charge is -2.16. The van der Waals surface area contributed by atoms with Crippen LogP contribution in [0.15, 0.2) is 36.4 Å². The predicted octanol–water partition coefficient (Wildman–Crippen LogP) is 5.14. The summed E-state index contributed by atoms with van der Waals surface area (Å²) in [6, 6.07) is 7.99. The Labute approximate surface area is 165 Å². The SMILES string of the molecule is Cc1nn(Cc2cc(C(F)(F)F)ccc2OCC(C)C)c2ccc(C(=O)O)cc12. The van der Waals surface area contributed by atoms with Crippen molar-refractivity contribution in [3.8, 4) is 5.75 Å². The number of hydrogen-bond acceptors (Lipinski definition) is 3. The lowest BCUT2D eigenvalue weighted by Crippen LogP contribution is -2.11. The average Bonchev–Trinajstić information content (AvgIpc) is 2.95. The summed E-state index contributed by atoms with van der Waals surface area (Å²) in [6.45, 7) is 6.07. The number of aryl methyl sites for hydroxylation is 1. The van der Waals surface area contributed by atoms with Crippen LogP contribution in [0.4, 0.5) is 13.2 Å². The molecule has 0 fully saturated rings. The number of carboxylic acids is 1. The van der Waals surface area contributed by atoms with Crippen LogP contribution in [0.3, 0.4) is 0 Å². The Bertz CT molecular complexity index is 1060. The van der Waals surface area contributed by atoms with Crippen molar-refractivity contribution in [2.45, 2.75) is 33.5 Å². The summed E-state index contributed by atoms with van der Waals surface area (Å²) < 4.78 is 46.9. The number of nitrogens with zero attached hydrogens (tertiary/aromatic N) is 2. The number of benzene rings is 2. The van der Waals surface area contributed by atoms with Crippen molar-refractivity contribution in [1.29, 1.82) is 0 Å². The Kier molecular flexibility index (Phi) is 5.55. The summed E-state index contributed by atoms with van der Waals surface area (Å²) in [6.07, 6.45) is -4.47. The Balaban J connectivity index is 2.04. The highest BCUT2D eigenvalue weighted by atomic mass is 19.4. The topological polar surface area (TPSA) is 64.4 Å². The molecule has 1 heterocycles. The third-order valence-electron chi connectivity index (χ3n) is 4.46. The normalized spacial score (nSPS) is 12.0. The van der Waals surface area contributed by atoms with Crippen molar-refractivity contribution in [3.05, 3.63) is 58.8 Å². The first-order chi connectivity index (χ1) is 13.6. The van der Waals surface area contributed by atoms with Crippen LogP contribution in [-0.4, -0.2) is 27.5 Å². The van der Waals surface area contributed by atoms with E-state index in [1.54, 1.807) is 17.7 Å². The molecule has 154 valence electrons. The van der Waals surface area contributed by atoms with Crippen molar-refractivity contribution in [1.82, 2.24) is 9.78 Å². The molecule has 5 nitrogen and oxygen atoms in total. The van der Waals surface area contributed by atoms with E-state index < -0.39 is 17.7 Å². The maximum atomic E-state index is 13.2. The van der Waals surface area contributed by atoms with Crippen molar-refractivity contribution >= 4 is 16.9 Å². The fraction of sp³-hybridized carbons (Fsp3) is 0.333. The molecule has 0 saturated heterocycles. The lowest BCUT2D eigenvalue weighted by atomic mass is 10.1. The molecule has 3 aromatic rings. The van der Waals surface area contributed by atoms with E-state index in [0.29, 0.717) is 34.5 Å². The molecule has 0 atom stereocenters. The number of ether oxygens (including phenoxy) is 1. The molecular weight excluding hydrogens is 385 g/mol. The molecule has 29 heavy (non-hydrogen) atoms. The van der Waals surface area contributed by atoms with E-state index in [-0.39, 0.29) is 18.0 Å². The summed E-state index contributed by atoms with van der Waals surface area (Å²) in [5, 5.41) is 14.2. The van der Waals surface area contributed by atoms with Crippen molar-refractivity contribution in [2.75, 3.05) is 6.61 Å². The molecule has 0 amide bonds. The van der Waals surface area contributed by atoms with Crippen LogP contribution in [0.25, 0.3) is 10.9 Å². The van der Waals surface area contributed by atoms with Crippen LogP contribution in [0.1, 0.15) is 41.0 Å². The van der Waals surface area contributed by atoms with E-state index in [2.05, 4.69) is 5.10 Å². The molecule has 1 aromatic heterocycles. The van der Waals surface area contributed by atoms with Gasteiger partial charge in [0, 0.05) is 10.9 Å². The number of fused-ring (bicyclic) bond motifs is 1. The fourth-order valence-electron chi connectivity index (χ4n) is 3.03. The molecule has 0 bridgehead atoms. The third kappa shape index (κ3) is 4.52. The van der Waals surface area contributed by atoms with Gasteiger partial charge in [0.2, 0.25) is 0 Å². The van der Waals surface area contributed by atoms with Crippen LogP contribution in [0.2, 0.25) is 0 Å². The zero-order valence-corrected chi connectivity index (χ0v) is 16.2. The van der Waals surface area contributed by atoms with Gasteiger partial charge in [0.05, 0.1) is 35.5 Å². The summed E-state index contributed by atoms with van der Waals surface area (Å²) in [7, 11) is 0. The number of aromatic nitrogens is 2. The number of alkyl halides is 3. The molecule has 0 spiro atoms. The van der Waals surface area contributed by atoms with E-state index in [1.807, 2.05) is 13.8 Å². The number of halogens is 3. The number of carbonyl (C=O) groups is 1. The van der Waals surface area contributed by atoms with Crippen molar-refractivity contribution in [3.63, 3.8) is 0 Å². The van der Waals surface area contributed by atoms with Gasteiger partial charge in [-0.15, -0.1) is 0 Å². The summed E-state index contributed by atoms with van der Waals surface area (Å²) in [5.74, 6) is -0.469. The standard InChI is InChI=1S/C21H21F3N2O3/c1-12(2)11-29-19-7-5-16(21(22,23)24)8-15(19)10-26-18-6-4-14(20(27)28)9-17(18)13(3)25-26/h4-9,12H,10-11H2,1-3H3,(H,27,28). The maximum Gasteiger partial charge on any atom is 0.416 e. The Hall–Kier alpha value is -3.03. The molecule has 0 radical (unpaired) electrons. The van der Waals surface area contributed by atoms with Gasteiger partial charge in [-0.25, -0.2) is 4.79 Å². The highest BCUT2D eigenvalue weighted by Crippen LogP contribution is 2.33. The van der Waals surface area contributed by atoms with Gasteiger partial charge in [-0.05, 0) is 49.2 Å². The van der Waals surface area contributed by atoms with E-state index in [0.717, 1.165) is 12.1 Å². The fourth-order valence-corrected chi connectivity index (χ4v) is 3.03. The second-order valence-corrected chi connectivity index (χ2v) is 7.31. The second kappa shape index (κ2) is 7.77. The molecule has 2 aromatic carbocycles. The number of hydrogen-bond donors (Lipinski definition) is 1. The Morgan fingerprint density at radius 1 is 1.21 bits per heavy atom. The molecular formula is C21H21F3N2O3. The molecule has 0 aliphatic carbocycles.